The van der Waals surface area contributed by atoms with Gasteiger partial charge in [0, 0.05) is 19.4 Å². The molecule has 0 N–H and O–H groups in total. The summed E-state index contributed by atoms with van der Waals surface area (Å²) in [4.78, 5) is 27.3. The van der Waals surface area contributed by atoms with Gasteiger partial charge < -0.3 is 23.2 Å². The number of rotatable bonds is 20. The minimum Gasteiger partial charge on any atom is -0.469 e. The first kappa shape index (κ1) is 52.8. The molecule has 58 heavy (non-hydrogen) atoms. The van der Waals surface area contributed by atoms with Gasteiger partial charge in [-0.25, -0.2) is 13.2 Å². The monoisotopic (exact) mass is 923 g/mol. The molecule has 1 aliphatic rings. The molecule has 0 spiro atoms. The van der Waals surface area contributed by atoms with Gasteiger partial charge >= 0.3 is 12.1 Å². The Hall–Kier alpha value is -1.39. The van der Waals surface area contributed by atoms with Gasteiger partial charge in [0.1, 0.15) is 11.4 Å². The second-order valence-electron chi connectivity index (χ2n) is 18.7. The average molecular weight is 926 g/mol. The van der Waals surface area contributed by atoms with Gasteiger partial charge in [0.15, 0.2) is 26.5 Å². The topological polar surface area (TPSA) is 108 Å². The van der Waals surface area contributed by atoms with Crippen molar-refractivity contribution in [3.05, 3.63) is 54.6 Å². The second kappa shape index (κ2) is 21.6. The van der Waals surface area contributed by atoms with Crippen molar-refractivity contribution in [1.82, 2.24) is 4.90 Å². The van der Waals surface area contributed by atoms with Gasteiger partial charge in [-0.1, -0.05) is 145 Å². The van der Waals surface area contributed by atoms with E-state index in [1.807, 2.05) is 18.2 Å². The Kier molecular flexibility index (Phi) is 19.7. The molecule has 15 heteroatoms. The van der Waals surface area contributed by atoms with E-state index < -0.39 is 65.8 Å². The Morgan fingerprint density at radius 2 is 1.55 bits per heavy atom. The van der Waals surface area contributed by atoms with E-state index in [4.69, 9.17) is 53.1 Å². The van der Waals surface area contributed by atoms with Crippen molar-refractivity contribution in [2.45, 2.75) is 174 Å². The summed E-state index contributed by atoms with van der Waals surface area (Å²) in [7, 11) is -6.20. The molecule has 0 unspecified atom stereocenters. The van der Waals surface area contributed by atoms with Gasteiger partial charge in [0.2, 0.25) is 3.79 Å². The molecule has 1 amide bonds. The highest BCUT2D eigenvalue weighted by Gasteiger charge is 2.65. The number of sulfone groups is 1. The second-order valence-corrected chi connectivity index (χ2v) is 33.0. The van der Waals surface area contributed by atoms with Crippen LogP contribution in [0.5, 0.6) is 0 Å². The Bertz CT molecular complexity index is 1640. The summed E-state index contributed by atoms with van der Waals surface area (Å²) in [6.45, 7) is 23.5. The van der Waals surface area contributed by atoms with Crippen LogP contribution >= 0.6 is 34.8 Å². The minimum atomic E-state index is -4.28. The number of unbranched alkanes of at least 4 members (excludes halogenated alkanes) is 3. The maximum atomic E-state index is 15.8. The highest BCUT2D eigenvalue weighted by molar-refractivity contribution is 7.93. The lowest BCUT2D eigenvalue weighted by molar-refractivity contribution is -0.140. The van der Waals surface area contributed by atoms with E-state index >= 15 is 8.42 Å². The molecule has 1 aromatic rings. The van der Waals surface area contributed by atoms with Crippen LogP contribution in [0.4, 0.5) is 4.79 Å². The third-order valence-electron chi connectivity index (χ3n) is 12.4. The zero-order chi connectivity index (χ0) is 44.4. The summed E-state index contributed by atoms with van der Waals surface area (Å²) >= 11 is 18.0. The van der Waals surface area contributed by atoms with Crippen molar-refractivity contribution in [3.8, 4) is 0 Å². The minimum absolute atomic E-state index is 0.0329. The van der Waals surface area contributed by atoms with Crippen LogP contribution in [-0.2, 0) is 33.0 Å². The number of amides is 1. The first-order valence-corrected chi connectivity index (χ1v) is 29.0. The van der Waals surface area contributed by atoms with Gasteiger partial charge in [-0.3, -0.25) is 4.79 Å². The summed E-state index contributed by atoms with van der Waals surface area (Å²) in [5, 5.41) is -0.256. The highest BCUT2D eigenvalue weighted by Crippen LogP contribution is 2.53. The number of hydrogen-bond donors (Lipinski definition) is 0. The molecule has 0 bridgehead atoms. The molecular weight excluding hydrogens is 853 g/mol. The number of benzene rings is 1. The van der Waals surface area contributed by atoms with Crippen molar-refractivity contribution in [3.63, 3.8) is 0 Å². The molecule has 0 radical (unpaired) electrons. The SMILES string of the molecule is CCCCC[C@@H](/C=C/[C@H]1[C@H](O[Si](C)(C)C(C)(C)C)C[C@H](N(C)C(=O)OCC(Cl)(Cl)Cl)[C@]1(C/C=C\CCCC(=O)OC)S(=O)(=O)c1ccccc1)O[Si](C)(C)C(C)(C)C. The molecule has 1 fully saturated rings. The van der Waals surface area contributed by atoms with Crippen LogP contribution in [0.25, 0.3) is 0 Å². The summed E-state index contributed by atoms with van der Waals surface area (Å²) in [5.74, 6) is -1.05. The summed E-state index contributed by atoms with van der Waals surface area (Å²) < 4.78 is 52.7. The number of methoxy groups -OCH3 is 1. The van der Waals surface area contributed by atoms with Gasteiger partial charge in [0.25, 0.3) is 0 Å². The standard InChI is InChI=1S/C43H72Cl3NO8SSi2/c1-14-15-19-24-33(54-57(10,11)40(2,3)4)28-29-35-36(55-58(12,13)41(5,6)7)31-37(47(8)39(49)53-32-43(44,45)46)42(35,30-23-17-16-22-27-38(48)52-9)56(50,51)34-25-20-18-21-26-34/h17-18,20-21,23,25-26,28-29,33,35-37H,14-16,19,22,24,27,30-32H2,1-13H3/b23-17-,29-28+/t33-,35-,36+,37-,42+/m0/s1. The van der Waals surface area contributed by atoms with Crippen molar-refractivity contribution in [1.29, 1.82) is 0 Å². The lowest BCUT2D eigenvalue weighted by Gasteiger charge is -2.43. The summed E-state index contributed by atoms with van der Waals surface area (Å²) in [6, 6.07) is 7.46. The first-order valence-electron chi connectivity index (χ1n) is 20.6. The highest BCUT2D eigenvalue weighted by atomic mass is 35.6. The van der Waals surface area contributed by atoms with E-state index in [1.54, 1.807) is 37.4 Å². The van der Waals surface area contributed by atoms with E-state index in [0.29, 0.717) is 12.8 Å². The Morgan fingerprint density at radius 3 is 2.09 bits per heavy atom. The Labute approximate surface area is 368 Å². The van der Waals surface area contributed by atoms with Gasteiger partial charge in [-0.15, -0.1) is 0 Å². The number of carbonyl (C=O) groups is 2. The van der Waals surface area contributed by atoms with Crippen molar-refractivity contribution in [2.24, 2.45) is 5.92 Å². The number of esters is 1. The molecule has 5 atom stereocenters. The van der Waals surface area contributed by atoms with E-state index in [-0.39, 0.29) is 46.3 Å². The number of nitrogens with zero attached hydrogens (tertiary/aromatic N) is 1. The van der Waals surface area contributed by atoms with Crippen LogP contribution in [0.2, 0.25) is 36.3 Å². The Balaban J connectivity index is 3.05. The molecule has 0 heterocycles. The normalized spacial score (nSPS) is 21.8. The smallest absolute Gasteiger partial charge is 0.409 e. The number of allylic oxidation sites excluding steroid dienone is 2. The molecular formula is C43H72Cl3NO8SSi2. The van der Waals surface area contributed by atoms with Crippen molar-refractivity contribution in [2.75, 3.05) is 20.8 Å². The van der Waals surface area contributed by atoms with Crippen LogP contribution in [0.1, 0.15) is 106 Å². The van der Waals surface area contributed by atoms with Crippen molar-refractivity contribution < 1.29 is 36.3 Å². The fourth-order valence-corrected chi connectivity index (χ4v) is 12.2. The third-order valence-corrected chi connectivity index (χ3v) is 24.3. The number of hydrogen-bond acceptors (Lipinski definition) is 8. The van der Waals surface area contributed by atoms with E-state index in [1.165, 1.54) is 12.0 Å². The van der Waals surface area contributed by atoms with Gasteiger partial charge in [-0.2, -0.15) is 0 Å². The quantitative estimate of drug-likeness (QED) is 0.0418. The lowest BCUT2D eigenvalue weighted by atomic mass is 9.86. The van der Waals surface area contributed by atoms with Gasteiger partial charge in [0.05, 0.1) is 30.3 Å². The number of alkyl halides is 3. The maximum Gasteiger partial charge on any atom is 0.409 e. The number of ether oxygens (including phenoxy) is 2. The van der Waals surface area contributed by atoms with Crippen LogP contribution in [0, 0.1) is 5.92 Å². The van der Waals surface area contributed by atoms with Crippen LogP contribution < -0.4 is 0 Å². The fraction of sp³-hybridized carbons (Fsp3) is 0.721. The molecule has 1 aromatic carbocycles. The largest absolute Gasteiger partial charge is 0.469 e. The lowest BCUT2D eigenvalue weighted by Crippen LogP contribution is -2.57. The average Bonchev–Trinajstić information content (AvgIpc) is 3.42. The molecule has 0 aliphatic heterocycles. The zero-order valence-electron chi connectivity index (χ0n) is 37.3. The fourth-order valence-electron chi connectivity index (χ4n) is 6.92. The van der Waals surface area contributed by atoms with E-state index in [0.717, 1.165) is 25.7 Å². The molecule has 0 aromatic heterocycles. The molecule has 1 saturated carbocycles. The van der Waals surface area contributed by atoms with Crippen LogP contribution in [-0.4, -0.2) is 89.6 Å². The Morgan fingerprint density at radius 1 is 0.948 bits per heavy atom. The van der Waals surface area contributed by atoms with Crippen LogP contribution in [0.15, 0.2) is 59.5 Å². The first-order chi connectivity index (χ1) is 26.6. The number of halogens is 3. The van der Waals surface area contributed by atoms with E-state index in [9.17, 15) is 9.59 Å². The third kappa shape index (κ3) is 14.1. The van der Waals surface area contributed by atoms with E-state index in [2.05, 4.69) is 80.7 Å². The molecule has 332 valence electrons. The molecule has 0 saturated heterocycles. The van der Waals surface area contributed by atoms with Crippen molar-refractivity contribution >= 4 is 73.3 Å². The molecule has 2 rings (SSSR count). The molecule has 9 nitrogen and oxygen atoms in total. The maximum absolute atomic E-state index is 15.8. The zero-order valence-corrected chi connectivity index (χ0v) is 42.4. The predicted molar refractivity (Wildman–Crippen MR) is 245 cm³/mol. The predicted octanol–water partition coefficient (Wildman–Crippen LogP) is 12.2. The summed E-state index contributed by atoms with van der Waals surface area (Å²) in [5.41, 5.74) is 0. The van der Waals surface area contributed by atoms with Crippen LogP contribution in [0.3, 0.4) is 0 Å². The summed E-state index contributed by atoms with van der Waals surface area (Å²) in [6.07, 6.45) is 11.5. The van der Waals surface area contributed by atoms with Gasteiger partial charge in [-0.05, 0) is 80.5 Å². The number of carbonyl (C=O) groups excluding carboxylic acids is 2. The molecule has 1 aliphatic carbocycles.